The lowest BCUT2D eigenvalue weighted by Gasteiger charge is -2.31. The molecule has 0 aromatic carbocycles. The van der Waals surface area contributed by atoms with Crippen LogP contribution in [0.15, 0.2) is 0 Å². The Balaban J connectivity index is 2.47. The lowest BCUT2D eigenvalue weighted by atomic mass is 9.93. The van der Waals surface area contributed by atoms with Crippen LogP contribution in [0.25, 0.3) is 0 Å². The summed E-state index contributed by atoms with van der Waals surface area (Å²) in [5.74, 6) is -0.0487. The number of nitrogens with two attached hydrogens (primary N) is 2. The zero-order chi connectivity index (χ0) is 11.5. The molecule has 1 saturated carbocycles. The molecule has 0 aromatic rings. The third-order valence-corrected chi connectivity index (χ3v) is 3.19. The standard InChI is InChI=1S/C11H23N3O/c1-3-4-7-14(2)8-11(13,10(12)15)9-5-6-9/h9H,3-8,13H2,1-2H3,(H2,12,15). The summed E-state index contributed by atoms with van der Waals surface area (Å²) in [6.07, 6.45) is 4.38. The van der Waals surface area contributed by atoms with E-state index in [-0.39, 0.29) is 5.91 Å². The second-order valence-corrected chi connectivity index (χ2v) is 4.77. The van der Waals surface area contributed by atoms with Crippen LogP contribution in [0, 0.1) is 5.92 Å². The first-order valence-electron chi connectivity index (χ1n) is 5.78. The summed E-state index contributed by atoms with van der Waals surface area (Å²) in [7, 11) is 2.00. The molecule has 0 spiro atoms. The van der Waals surface area contributed by atoms with Crippen LogP contribution in [0.3, 0.4) is 0 Å². The molecule has 88 valence electrons. The van der Waals surface area contributed by atoms with E-state index in [9.17, 15) is 4.79 Å². The molecule has 1 aliphatic carbocycles. The van der Waals surface area contributed by atoms with Crippen molar-refractivity contribution in [3.8, 4) is 0 Å². The molecule has 15 heavy (non-hydrogen) atoms. The molecule has 1 rings (SSSR count). The van der Waals surface area contributed by atoms with Gasteiger partial charge in [-0.25, -0.2) is 0 Å². The molecule has 1 amide bonds. The van der Waals surface area contributed by atoms with Gasteiger partial charge in [-0.2, -0.15) is 0 Å². The summed E-state index contributed by atoms with van der Waals surface area (Å²) in [5.41, 5.74) is 10.7. The molecule has 1 aliphatic rings. The third kappa shape index (κ3) is 3.18. The smallest absolute Gasteiger partial charge is 0.239 e. The number of primary amides is 1. The number of carbonyl (C=O) groups is 1. The Morgan fingerprint density at radius 3 is 2.53 bits per heavy atom. The Bertz CT molecular complexity index is 228. The minimum Gasteiger partial charge on any atom is -0.368 e. The van der Waals surface area contributed by atoms with Crippen LogP contribution in [0.5, 0.6) is 0 Å². The number of nitrogens with zero attached hydrogens (tertiary/aromatic N) is 1. The molecular formula is C11H23N3O. The molecular weight excluding hydrogens is 190 g/mol. The molecule has 4 heteroatoms. The van der Waals surface area contributed by atoms with Crippen LogP contribution in [-0.4, -0.2) is 36.5 Å². The van der Waals surface area contributed by atoms with Gasteiger partial charge in [0.25, 0.3) is 0 Å². The van der Waals surface area contributed by atoms with Crippen molar-refractivity contribution in [3.63, 3.8) is 0 Å². The van der Waals surface area contributed by atoms with Crippen LogP contribution in [0.1, 0.15) is 32.6 Å². The van der Waals surface area contributed by atoms with Gasteiger partial charge in [0, 0.05) is 6.54 Å². The fourth-order valence-corrected chi connectivity index (χ4v) is 1.96. The Kier molecular flexibility index (Phi) is 4.11. The van der Waals surface area contributed by atoms with E-state index in [0.29, 0.717) is 12.5 Å². The Morgan fingerprint density at radius 2 is 2.13 bits per heavy atom. The van der Waals surface area contributed by atoms with Crippen LogP contribution < -0.4 is 11.5 Å². The van der Waals surface area contributed by atoms with Crippen LogP contribution in [0.4, 0.5) is 0 Å². The maximum Gasteiger partial charge on any atom is 0.239 e. The van der Waals surface area contributed by atoms with Crippen molar-refractivity contribution in [3.05, 3.63) is 0 Å². The van der Waals surface area contributed by atoms with E-state index in [0.717, 1.165) is 32.2 Å². The molecule has 4 N–H and O–H groups in total. The predicted octanol–water partition coefficient (Wildman–Crippen LogP) is 0.311. The van der Waals surface area contributed by atoms with Gasteiger partial charge < -0.3 is 16.4 Å². The van der Waals surface area contributed by atoms with Gasteiger partial charge in [0.05, 0.1) is 0 Å². The third-order valence-electron chi connectivity index (χ3n) is 3.19. The molecule has 0 aliphatic heterocycles. The highest BCUT2D eigenvalue weighted by molar-refractivity contribution is 5.85. The Morgan fingerprint density at radius 1 is 1.53 bits per heavy atom. The fourth-order valence-electron chi connectivity index (χ4n) is 1.96. The molecule has 0 aromatic heterocycles. The van der Waals surface area contributed by atoms with E-state index in [1.54, 1.807) is 0 Å². The summed E-state index contributed by atoms with van der Waals surface area (Å²) in [6.45, 7) is 3.72. The van der Waals surface area contributed by atoms with Gasteiger partial charge in [-0.1, -0.05) is 13.3 Å². The van der Waals surface area contributed by atoms with Crippen molar-refractivity contribution in [2.75, 3.05) is 20.1 Å². The van der Waals surface area contributed by atoms with Crippen molar-refractivity contribution in [1.82, 2.24) is 4.90 Å². The number of hydrogen-bond donors (Lipinski definition) is 2. The topological polar surface area (TPSA) is 72.3 Å². The molecule has 0 saturated heterocycles. The quantitative estimate of drug-likeness (QED) is 0.639. The molecule has 4 nitrogen and oxygen atoms in total. The lowest BCUT2D eigenvalue weighted by molar-refractivity contribution is -0.124. The summed E-state index contributed by atoms with van der Waals surface area (Å²) >= 11 is 0. The van der Waals surface area contributed by atoms with E-state index in [1.807, 2.05) is 7.05 Å². The van der Waals surface area contributed by atoms with Crippen LogP contribution in [-0.2, 0) is 4.79 Å². The summed E-state index contributed by atoms with van der Waals surface area (Å²) in [4.78, 5) is 13.5. The maximum atomic E-state index is 11.4. The number of likely N-dealkylation sites (N-methyl/N-ethyl adjacent to an activating group) is 1. The first kappa shape index (κ1) is 12.5. The summed E-state index contributed by atoms with van der Waals surface area (Å²) in [5, 5.41) is 0. The average Bonchev–Trinajstić information content (AvgIpc) is 2.97. The minimum absolute atomic E-state index is 0.305. The van der Waals surface area contributed by atoms with E-state index in [1.165, 1.54) is 0 Å². The molecule has 1 fully saturated rings. The Labute approximate surface area is 92.0 Å². The zero-order valence-corrected chi connectivity index (χ0v) is 9.83. The predicted molar refractivity (Wildman–Crippen MR) is 61.2 cm³/mol. The first-order chi connectivity index (χ1) is 7.00. The van der Waals surface area contributed by atoms with Gasteiger partial charge in [0.15, 0.2) is 0 Å². The Hall–Kier alpha value is -0.610. The van der Waals surface area contributed by atoms with E-state index < -0.39 is 5.54 Å². The van der Waals surface area contributed by atoms with Gasteiger partial charge in [-0.3, -0.25) is 4.79 Å². The maximum absolute atomic E-state index is 11.4. The number of hydrogen-bond acceptors (Lipinski definition) is 3. The van der Waals surface area contributed by atoms with Crippen LogP contribution in [0.2, 0.25) is 0 Å². The SMILES string of the molecule is CCCCN(C)CC(N)(C(N)=O)C1CC1. The van der Waals surface area contributed by atoms with Gasteiger partial charge in [0.2, 0.25) is 5.91 Å². The molecule has 0 bridgehead atoms. The van der Waals surface area contributed by atoms with E-state index in [4.69, 9.17) is 11.5 Å². The first-order valence-corrected chi connectivity index (χ1v) is 5.78. The molecule has 1 unspecified atom stereocenters. The largest absolute Gasteiger partial charge is 0.368 e. The zero-order valence-electron chi connectivity index (χ0n) is 9.83. The molecule has 1 atom stereocenters. The number of rotatable bonds is 7. The second kappa shape index (κ2) is 4.94. The minimum atomic E-state index is -0.803. The van der Waals surface area contributed by atoms with Crippen molar-refractivity contribution in [1.29, 1.82) is 0 Å². The number of carbonyl (C=O) groups excluding carboxylic acids is 1. The highest BCUT2D eigenvalue weighted by Crippen LogP contribution is 2.38. The second-order valence-electron chi connectivity index (χ2n) is 4.77. The normalized spacial score (nSPS) is 20.3. The monoisotopic (exact) mass is 213 g/mol. The highest BCUT2D eigenvalue weighted by atomic mass is 16.1. The van der Waals surface area contributed by atoms with Crippen LogP contribution >= 0.6 is 0 Å². The fraction of sp³-hybridized carbons (Fsp3) is 0.909. The molecule has 0 heterocycles. The molecule has 0 radical (unpaired) electrons. The van der Waals surface area contributed by atoms with Crippen molar-refractivity contribution < 1.29 is 4.79 Å². The van der Waals surface area contributed by atoms with Gasteiger partial charge in [-0.15, -0.1) is 0 Å². The van der Waals surface area contributed by atoms with Gasteiger partial charge in [0.1, 0.15) is 5.54 Å². The van der Waals surface area contributed by atoms with E-state index in [2.05, 4.69) is 11.8 Å². The summed E-state index contributed by atoms with van der Waals surface area (Å²) in [6, 6.07) is 0. The number of amides is 1. The summed E-state index contributed by atoms with van der Waals surface area (Å²) < 4.78 is 0. The average molecular weight is 213 g/mol. The van der Waals surface area contributed by atoms with Gasteiger partial charge >= 0.3 is 0 Å². The van der Waals surface area contributed by atoms with Crippen molar-refractivity contribution >= 4 is 5.91 Å². The highest BCUT2D eigenvalue weighted by Gasteiger charge is 2.47. The van der Waals surface area contributed by atoms with Crippen molar-refractivity contribution in [2.24, 2.45) is 17.4 Å². The van der Waals surface area contributed by atoms with E-state index >= 15 is 0 Å². The lowest BCUT2D eigenvalue weighted by Crippen LogP contribution is -2.60. The van der Waals surface area contributed by atoms with Crippen molar-refractivity contribution in [2.45, 2.75) is 38.1 Å². The number of unbranched alkanes of at least 4 members (excludes halogenated alkanes) is 1. The van der Waals surface area contributed by atoms with Gasteiger partial charge in [-0.05, 0) is 38.8 Å².